The van der Waals surface area contributed by atoms with E-state index in [1.807, 2.05) is 37.3 Å². The Labute approximate surface area is 291 Å². The highest BCUT2D eigenvalue weighted by Gasteiger charge is 2.18. The number of hydrogen-bond donors (Lipinski definition) is 0. The summed E-state index contributed by atoms with van der Waals surface area (Å²) >= 11 is 0. The summed E-state index contributed by atoms with van der Waals surface area (Å²) in [6.45, 7) is 1.93. The lowest BCUT2D eigenvalue weighted by Crippen LogP contribution is -2.00. The Hall–Kier alpha value is -6.85. The van der Waals surface area contributed by atoms with E-state index >= 15 is 0 Å². The van der Waals surface area contributed by atoms with E-state index < -0.39 is 0 Å². The topological polar surface area (TPSA) is 65.0 Å². The molecule has 3 aromatic heterocycles. The predicted molar refractivity (Wildman–Crippen MR) is 208 cm³/mol. The van der Waals surface area contributed by atoms with Crippen molar-refractivity contribution in [3.8, 4) is 33.9 Å². The van der Waals surface area contributed by atoms with Gasteiger partial charge in [-0.1, -0.05) is 103 Å². The second kappa shape index (κ2) is 10.6. The second-order valence-corrected chi connectivity index (χ2v) is 13.2. The molecule has 11 rings (SSSR count). The van der Waals surface area contributed by atoms with Crippen LogP contribution in [-0.4, -0.2) is 15.0 Å². The second-order valence-electron chi connectivity index (χ2n) is 13.2. The zero-order valence-electron chi connectivity index (χ0n) is 27.5. The van der Waals surface area contributed by atoms with Crippen molar-refractivity contribution >= 4 is 76.2 Å². The monoisotopic (exact) mass is 653 g/mol. The molecular formula is C46H27N3O2. The van der Waals surface area contributed by atoms with Gasteiger partial charge in [0.05, 0.1) is 0 Å². The summed E-state index contributed by atoms with van der Waals surface area (Å²) in [6, 6.07) is 50.8. The van der Waals surface area contributed by atoms with Crippen molar-refractivity contribution in [2.45, 2.75) is 6.92 Å². The number of furan rings is 2. The molecule has 5 nitrogen and oxygen atoms in total. The van der Waals surface area contributed by atoms with E-state index in [1.165, 1.54) is 32.3 Å². The van der Waals surface area contributed by atoms with Crippen LogP contribution >= 0.6 is 0 Å². The van der Waals surface area contributed by atoms with Crippen LogP contribution in [0.25, 0.3) is 110 Å². The van der Waals surface area contributed by atoms with Crippen LogP contribution in [0.5, 0.6) is 0 Å². The quantitative estimate of drug-likeness (QED) is 0.178. The number of hydrogen-bond acceptors (Lipinski definition) is 5. The molecular weight excluding hydrogens is 627 g/mol. The van der Waals surface area contributed by atoms with Crippen LogP contribution in [-0.2, 0) is 0 Å². The zero-order valence-corrected chi connectivity index (χ0v) is 27.5. The first-order valence-corrected chi connectivity index (χ1v) is 17.1. The lowest BCUT2D eigenvalue weighted by Gasteiger charge is -2.12. The van der Waals surface area contributed by atoms with Crippen LogP contribution < -0.4 is 0 Å². The number of para-hydroxylation sites is 1. The van der Waals surface area contributed by atoms with E-state index in [0.29, 0.717) is 17.5 Å². The van der Waals surface area contributed by atoms with Crippen molar-refractivity contribution in [3.63, 3.8) is 0 Å². The first-order valence-electron chi connectivity index (χ1n) is 17.1. The number of fused-ring (bicyclic) bond motifs is 12. The first kappa shape index (κ1) is 28.0. The number of aromatic nitrogens is 3. The third kappa shape index (κ3) is 4.25. The summed E-state index contributed by atoms with van der Waals surface area (Å²) in [6.07, 6.45) is 0. The van der Waals surface area contributed by atoms with Crippen molar-refractivity contribution < 1.29 is 8.83 Å². The minimum atomic E-state index is 0.617. The highest BCUT2D eigenvalue weighted by molar-refractivity contribution is 6.25. The van der Waals surface area contributed by atoms with Crippen LogP contribution in [0, 0.1) is 6.92 Å². The number of benzene rings is 8. The van der Waals surface area contributed by atoms with Crippen LogP contribution in [0.3, 0.4) is 0 Å². The lowest BCUT2D eigenvalue weighted by molar-refractivity contribution is 0.668. The maximum atomic E-state index is 6.40. The van der Waals surface area contributed by atoms with E-state index in [4.69, 9.17) is 23.8 Å². The van der Waals surface area contributed by atoms with Crippen molar-refractivity contribution in [1.82, 2.24) is 15.0 Å². The van der Waals surface area contributed by atoms with Gasteiger partial charge in [-0.05, 0) is 92.8 Å². The van der Waals surface area contributed by atoms with Crippen LogP contribution in [0.1, 0.15) is 5.82 Å². The summed E-state index contributed by atoms with van der Waals surface area (Å²) in [4.78, 5) is 14.9. The number of aryl methyl sites for hydroxylation is 1. The molecule has 0 atom stereocenters. The van der Waals surface area contributed by atoms with Crippen molar-refractivity contribution in [2.75, 3.05) is 0 Å². The van der Waals surface area contributed by atoms with E-state index in [1.54, 1.807) is 0 Å². The van der Waals surface area contributed by atoms with Gasteiger partial charge in [0.25, 0.3) is 0 Å². The minimum absolute atomic E-state index is 0.617. The zero-order chi connectivity index (χ0) is 33.6. The molecule has 0 bridgehead atoms. The molecule has 0 fully saturated rings. The highest BCUT2D eigenvalue weighted by Crippen LogP contribution is 2.40. The highest BCUT2D eigenvalue weighted by atomic mass is 16.3. The fourth-order valence-corrected chi connectivity index (χ4v) is 7.88. The molecule has 51 heavy (non-hydrogen) atoms. The van der Waals surface area contributed by atoms with Crippen LogP contribution in [0.4, 0.5) is 0 Å². The molecule has 238 valence electrons. The molecule has 0 saturated heterocycles. The van der Waals surface area contributed by atoms with Gasteiger partial charge < -0.3 is 8.83 Å². The average molecular weight is 654 g/mol. The molecule has 3 heterocycles. The van der Waals surface area contributed by atoms with Crippen molar-refractivity contribution in [2.24, 2.45) is 0 Å². The van der Waals surface area contributed by atoms with Gasteiger partial charge in [0.2, 0.25) is 0 Å². The van der Waals surface area contributed by atoms with E-state index in [2.05, 4.69) is 115 Å². The van der Waals surface area contributed by atoms with Gasteiger partial charge in [-0.25, -0.2) is 15.0 Å². The van der Waals surface area contributed by atoms with Gasteiger partial charge in [0.1, 0.15) is 28.2 Å². The fourth-order valence-electron chi connectivity index (χ4n) is 7.88. The van der Waals surface area contributed by atoms with E-state index in [0.717, 1.165) is 66.1 Å². The van der Waals surface area contributed by atoms with E-state index in [9.17, 15) is 0 Å². The predicted octanol–water partition coefficient (Wildman–Crippen LogP) is 12.4. The molecule has 0 N–H and O–H groups in total. The Morgan fingerprint density at radius 1 is 0.353 bits per heavy atom. The molecule has 0 radical (unpaired) electrons. The molecule has 0 aliphatic carbocycles. The van der Waals surface area contributed by atoms with Gasteiger partial charge in [-0.15, -0.1) is 0 Å². The first-order chi connectivity index (χ1) is 25.2. The summed E-state index contributed by atoms with van der Waals surface area (Å²) in [5, 5.41) is 11.5. The van der Waals surface area contributed by atoms with E-state index in [-0.39, 0.29) is 0 Å². The van der Waals surface area contributed by atoms with Crippen LogP contribution in [0.15, 0.2) is 154 Å². The summed E-state index contributed by atoms with van der Waals surface area (Å²) in [5.74, 6) is 1.92. The third-order valence-corrected chi connectivity index (χ3v) is 10.2. The standard InChI is InChI=1S/C46H27N3O2/c1-26-47-45(29-17-20-34-32-11-3-2-9-30(32)31-10-4-5-12-33(31)37(34)25-29)49-46(48-26)36-14-8-16-43-44(36)39-24-28(19-22-42(39)51-43)27-18-21-41-38(23-27)35-13-6-7-15-40(35)50-41/h2-25H,1H3. The Morgan fingerprint density at radius 2 is 0.863 bits per heavy atom. The van der Waals surface area contributed by atoms with Crippen molar-refractivity contribution in [1.29, 1.82) is 0 Å². The van der Waals surface area contributed by atoms with Gasteiger partial charge in [0.15, 0.2) is 11.6 Å². The summed E-state index contributed by atoms with van der Waals surface area (Å²) < 4.78 is 12.5. The molecule has 0 aliphatic rings. The molecule has 0 aliphatic heterocycles. The largest absolute Gasteiger partial charge is 0.456 e. The van der Waals surface area contributed by atoms with Gasteiger partial charge in [0, 0.05) is 32.7 Å². The molecule has 0 unspecified atom stereocenters. The third-order valence-electron chi connectivity index (χ3n) is 10.2. The Balaban J connectivity index is 1.08. The van der Waals surface area contributed by atoms with Gasteiger partial charge in [-0.2, -0.15) is 0 Å². The van der Waals surface area contributed by atoms with Crippen LogP contribution in [0.2, 0.25) is 0 Å². The molecule has 5 heteroatoms. The maximum Gasteiger partial charge on any atom is 0.164 e. The Morgan fingerprint density at radius 3 is 1.61 bits per heavy atom. The van der Waals surface area contributed by atoms with Gasteiger partial charge >= 0.3 is 0 Å². The maximum absolute atomic E-state index is 6.40. The molecule has 0 amide bonds. The lowest BCUT2D eigenvalue weighted by atomic mass is 9.93. The summed E-state index contributed by atoms with van der Waals surface area (Å²) in [5.41, 5.74) is 7.43. The Bertz CT molecular complexity index is 3190. The minimum Gasteiger partial charge on any atom is -0.456 e. The number of rotatable bonds is 3. The van der Waals surface area contributed by atoms with Gasteiger partial charge in [-0.3, -0.25) is 0 Å². The molecule has 11 aromatic rings. The average Bonchev–Trinajstić information content (AvgIpc) is 3.75. The smallest absolute Gasteiger partial charge is 0.164 e. The normalized spacial score (nSPS) is 12.0. The number of nitrogens with zero attached hydrogens (tertiary/aromatic N) is 3. The molecule has 0 saturated carbocycles. The Kier molecular flexibility index (Phi) is 5.81. The molecule has 8 aromatic carbocycles. The van der Waals surface area contributed by atoms with Crippen molar-refractivity contribution in [3.05, 3.63) is 151 Å². The summed E-state index contributed by atoms with van der Waals surface area (Å²) in [7, 11) is 0. The SMILES string of the molecule is Cc1nc(-c2ccc3c4ccccc4c4ccccc4c3c2)nc(-c2cccc3oc4ccc(-c5ccc6oc7ccccc7c6c5)cc4c23)n1. The molecule has 0 spiro atoms. The fraction of sp³-hybridized carbons (Fsp3) is 0.0217.